The summed E-state index contributed by atoms with van der Waals surface area (Å²) >= 11 is 0. The molecule has 3 aliphatic rings. The Kier molecular flexibility index (Phi) is 8.17. The van der Waals surface area contributed by atoms with E-state index in [0.717, 1.165) is 11.4 Å². The Labute approximate surface area is 338 Å². The molecule has 0 fully saturated rings. The minimum atomic E-state index is -0.00521. The predicted molar refractivity (Wildman–Crippen MR) is 242 cm³/mol. The van der Waals surface area contributed by atoms with Crippen molar-refractivity contribution in [2.45, 2.75) is 58.3 Å². The van der Waals surface area contributed by atoms with Crippen LogP contribution >= 0.6 is 0 Å². The Bertz CT molecular complexity index is 2740. The molecule has 0 N–H and O–H groups in total. The second-order valence-corrected chi connectivity index (χ2v) is 17.5. The van der Waals surface area contributed by atoms with Crippen molar-refractivity contribution in [3.8, 4) is 44.5 Å². The third-order valence-corrected chi connectivity index (χ3v) is 13.5. The maximum Gasteiger partial charge on any atom is 0.0464 e. The molecule has 0 aliphatic heterocycles. The fourth-order valence-corrected chi connectivity index (χ4v) is 10.2. The highest BCUT2D eigenvalue weighted by molar-refractivity contribution is 5.88. The van der Waals surface area contributed by atoms with Gasteiger partial charge in [0.05, 0.1) is 0 Å². The Hall–Kier alpha value is -6.18. The van der Waals surface area contributed by atoms with E-state index in [-0.39, 0.29) is 10.8 Å². The number of aryl methyl sites for hydroxylation is 2. The SMILES string of the molecule is Cc1ccc(-c2ccc(N(c3ccc(-c4ccccc4)cc3)c3ccc4c(c3)C(C)(C)C3C=CC=CC43)cc2)cc1-c1cc2c(cc1C)C(C)(C)c1ccccc1-2. The van der Waals surface area contributed by atoms with E-state index in [1.165, 1.54) is 83.6 Å². The molecule has 10 rings (SSSR count). The number of hydrogen-bond acceptors (Lipinski definition) is 1. The summed E-state index contributed by atoms with van der Waals surface area (Å²) in [5.41, 5.74) is 22.1. The van der Waals surface area contributed by atoms with E-state index >= 15 is 0 Å². The van der Waals surface area contributed by atoms with Gasteiger partial charge in [-0.15, -0.1) is 0 Å². The van der Waals surface area contributed by atoms with Crippen molar-refractivity contribution in [2.75, 3.05) is 4.90 Å². The molecule has 0 bridgehead atoms. The normalized spacial score (nSPS) is 17.8. The van der Waals surface area contributed by atoms with Gasteiger partial charge < -0.3 is 4.90 Å². The summed E-state index contributed by atoms with van der Waals surface area (Å²) < 4.78 is 0. The van der Waals surface area contributed by atoms with Crippen LogP contribution in [-0.2, 0) is 10.8 Å². The van der Waals surface area contributed by atoms with Gasteiger partial charge in [0.15, 0.2) is 0 Å². The van der Waals surface area contributed by atoms with Crippen LogP contribution in [0.15, 0.2) is 176 Å². The van der Waals surface area contributed by atoms with E-state index in [0.29, 0.717) is 11.8 Å². The summed E-state index contributed by atoms with van der Waals surface area (Å²) in [6.45, 7) is 14.1. The number of anilines is 3. The summed E-state index contributed by atoms with van der Waals surface area (Å²) in [7, 11) is 0. The molecule has 0 radical (unpaired) electrons. The highest BCUT2D eigenvalue weighted by Crippen LogP contribution is 2.55. The minimum Gasteiger partial charge on any atom is -0.310 e. The minimum absolute atomic E-state index is 0.00521. The summed E-state index contributed by atoms with van der Waals surface area (Å²) in [5, 5.41) is 0. The largest absolute Gasteiger partial charge is 0.310 e. The van der Waals surface area contributed by atoms with Crippen LogP contribution in [0.25, 0.3) is 44.5 Å². The standard InChI is InChI=1S/C56H49N/c1-36-20-21-41(33-48(36)49-35-50-46-17-11-13-19-52(46)55(3,4)53(50)32-37(49)2)40-24-28-43(29-25-40)57(42-26-22-39(23-27-42)38-14-8-7-9-15-38)44-30-31-47-45-16-10-12-18-51(45)56(5,6)54(47)34-44/h7-35,45,51H,1-6H3. The zero-order chi connectivity index (χ0) is 39.1. The van der Waals surface area contributed by atoms with Gasteiger partial charge in [-0.2, -0.15) is 0 Å². The molecule has 2 atom stereocenters. The van der Waals surface area contributed by atoms with Crippen molar-refractivity contribution < 1.29 is 0 Å². The fraction of sp³-hybridized carbons (Fsp3) is 0.179. The lowest BCUT2D eigenvalue weighted by molar-refractivity contribution is 0.394. The molecule has 0 saturated heterocycles. The molecule has 0 spiro atoms. The second kappa shape index (κ2) is 13.2. The highest BCUT2D eigenvalue weighted by atomic mass is 15.1. The third kappa shape index (κ3) is 5.66. The molecule has 0 aromatic heterocycles. The number of allylic oxidation sites excluding steroid dienone is 4. The third-order valence-electron chi connectivity index (χ3n) is 13.5. The smallest absolute Gasteiger partial charge is 0.0464 e. The van der Waals surface area contributed by atoms with Crippen LogP contribution < -0.4 is 4.90 Å². The zero-order valence-corrected chi connectivity index (χ0v) is 33.8. The van der Waals surface area contributed by atoms with E-state index in [1.807, 2.05) is 0 Å². The molecule has 0 amide bonds. The van der Waals surface area contributed by atoms with Gasteiger partial charge in [0.1, 0.15) is 0 Å². The molecule has 1 heteroatoms. The monoisotopic (exact) mass is 735 g/mol. The van der Waals surface area contributed by atoms with Gasteiger partial charge >= 0.3 is 0 Å². The number of benzene rings is 7. The van der Waals surface area contributed by atoms with Crippen LogP contribution in [0, 0.1) is 19.8 Å². The van der Waals surface area contributed by atoms with Gasteiger partial charge in [-0.25, -0.2) is 0 Å². The van der Waals surface area contributed by atoms with Crippen LogP contribution in [0.1, 0.15) is 67.0 Å². The zero-order valence-electron chi connectivity index (χ0n) is 33.8. The molecule has 7 aromatic carbocycles. The summed E-state index contributed by atoms with van der Waals surface area (Å²) in [4.78, 5) is 2.43. The molecular formula is C56H49N. The van der Waals surface area contributed by atoms with Crippen molar-refractivity contribution in [3.05, 3.63) is 209 Å². The predicted octanol–water partition coefficient (Wildman–Crippen LogP) is 15.2. The van der Waals surface area contributed by atoms with Crippen molar-refractivity contribution in [3.63, 3.8) is 0 Å². The van der Waals surface area contributed by atoms with Crippen molar-refractivity contribution in [1.82, 2.24) is 0 Å². The molecule has 0 saturated carbocycles. The van der Waals surface area contributed by atoms with Gasteiger partial charge in [-0.05, 0) is 152 Å². The lowest BCUT2D eigenvalue weighted by atomic mass is 9.74. The average molecular weight is 736 g/mol. The maximum atomic E-state index is 2.46. The van der Waals surface area contributed by atoms with Gasteiger partial charge in [0.2, 0.25) is 0 Å². The first-order chi connectivity index (χ1) is 27.6. The van der Waals surface area contributed by atoms with E-state index in [2.05, 4.69) is 222 Å². The topological polar surface area (TPSA) is 3.24 Å². The van der Waals surface area contributed by atoms with Gasteiger partial charge in [-0.3, -0.25) is 0 Å². The van der Waals surface area contributed by atoms with Crippen LogP contribution in [-0.4, -0.2) is 0 Å². The van der Waals surface area contributed by atoms with Crippen molar-refractivity contribution in [1.29, 1.82) is 0 Å². The molecule has 3 aliphatic carbocycles. The summed E-state index contributed by atoms with van der Waals surface area (Å²) in [6.07, 6.45) is 9.23. The highest BCUT2D eigenvalue weighted by Gasteiger charge is 2.44. The Morgan fingerprint density at radius 2 is 1.02 bits per heavy atom. The molecule has 1 nitrogen and oxygen atoms in total. The van der Waals surface area contributed by atoms with Gasteiger partial charge in [0.25, 0.3) is 0 Å². The average Bonchev–Trinajstić information content (AvgIpc) is 3.60. The number of hydrogen-bond donors (Lipinski definition) is 0. The molecule has 278 valence electrons. The quantitative estimate of drug-likeness (QED) is 0.164. The Morgan fingerprint density at radius 3 is 1.75 bits per heavy atom. The summed E-state index contributed by atoms with van der Waals surface area (Å²) in [6, 6.07) is 56.8. The van der Waals surface area contributed by atoms with E-state index in [9.17, 15) is 0 Å². The van der Waals surface area contributed by atoms with E-state index in [4.69, 9.17) is 0 Å². The molecule has 57 heavy (non-hydrogen) atoms. The van der Waals surface area contributed by atoms with Crippen molar-refractivity contribution >= 4 is 17.1 Å². The lowest BCUT2D eigenvalue weighted by Gasteiger charge is -2.30. The maximum absolute atomic E-state index is 2.46. The molecule has 2 unspecified atom stereocenters. The van der Waals surface area contributed by atoms with E-state index < -0.39 is 0 Å². The van der Waals surface area contributed by atoms with E-state index in [1.54, 1.807) is 0 Å². The first-order valence-corrected chi connectivity index (χ1v) is 20.5. The Balaban J connectivity index is 1.04. The van der Waals surface area contributed by atoms with Crippen LogP contribution in [0.5, 0.6) is 0 Å². The first-order valence-electron chi connectivity index (χ1n) is 20.5. The Morgan fingerprint density at radius 1 is 0.421 bits per heavy atom. The van der Waals surface area contributed by atoms with Crippen LogP contribution in [0.2, 0.25) is 0 Å². The summed E-state index contributed by atoms with van der Waals surface area (Å²) in [5.74, 6) is 0.892. The second-order valence-electron chi connectivity index (χ2n) is 17.5. The van der Waals surface area contributed by atoms with Crippen LogP contribution in [0.3, 0.4) is 0 Å². The fourth-order valence-electron chi connectivity index (χ4n) is 10.2. The first kappa shape index (κ1) is 35.2. The van der Waals surface area contributed by atoms with Crippen LogP contribution in [0.4, 0.5) is 17.1 Å². The van der Waals surface area contributed by atoms with Crippen molar-refractivity contribution in [2.24, 2.45) is 5.92 Å². The molecule has 7 aromatic rings. The molecule has 0 heterocycles. The van der Waals surface area contributed by atoms with Gasteiger partial charge in [-0.1, -0.05) is 155 Å². The number of rotatable bonds is 6. The molecular weight excluding hydrogens is 687 g/mol. The number of fused-ring (bicyclic) bond motifs is 6. The lowest BCUT2D eigenvalue weighted by Crippen LogP contribution is -2.24. The number of nitrogens with zero attached hydrogens (tertiary/aromatic N) is 1. The van der Waals surface area contributed by atoms with Gasteiger partial charge in [0, 0.05) is 28.4 Å².